The minimum absolute atomic E-state index is 0.0297. The zero-order valence-corrected chi connectivity index (χ0v) is 11.7. The number of aryl methyl sites for hydroxylation is 1. The van der Waals surface area contributed by atoms with Crippen LogP contribution in [0.15, 0.2) is 24.7 Å². The van der Waals surface area contributed by atoms with Crippen LogP contribution in [0, 0.1) is 0 Å². The van der Waals surface area contributed by atoms with Gasteiger partial charge in [0.2, 0.25) is 0 Å². The van der Waals surface area contributed by atoms with Crippen molar-refractivity contribution in [1.29, 1.82) is 0 Å². The SMILES string of the molecule is Cn1cc(Cl)cc1C(=O)N[C@@H]1CNC[C@@H]1n1ccnn1. The summed E-state index contributed by atoms with van der Waals surface area (Å²) >= 11 is 5.90. The molecule has 8 heteroatoms. The Balaban J connectivity index is 1.74. The van der Waals surface area contributed by atoms with E-state index in [9.17, 15) is 4.79 Å². The fourth-order valence-electron chi connectivity index (χ4n) is 2.48. The molecule has 2 aromatic rings. The van der Waals surface area contributed by atoms with Crippen molar-refractivity contribution in [3.63, 3.8) is 0 Å². The van der Waals surface area contributed by atoms with E-state index < -0.39 is 0 Å². The van der Waals surface area contributed by atoms with Crippen molar-refractivity contribution in [1.82, 2.24) is 30.2 Å². The standard InChI is InChI=1S/C12H15ClN6O/c1-18-7-8(13)4-10(18)12(20)16-9-5-14-6-11(9)19-3-2-15-17-19/h2-4,7,9,11,14H,5-6H2,1H3,(H,16,20)/t9-,11+/m1/s1. The molecule has 1 fully saturated rings. The van der Waals surface area contributed by atoms with Gasteiger partial charge in [-0.15, -0.1) is 5.10 Å². The summed E-state index contributed by atoms with van der Waals surface area (Å²) in [6, 6.07) is 1.69. The van der Waals surface area contributed by atoms with E-state index >= 15 is 0 Å². The summed E-state index contributed by atoms with van der Waals surface area (Å²) in [5, 5.41) is 14.6. The molecule has 2 N–H and O–H groups in total. The van der Waals surface area contributed by atoms with Crippen LogP contribution in [-0.2, 0) is 7.05 Å². The van der Waals surface area contributed by atoms with Crippen LogP contribution in [0.1, 0.15) is 16.5 Å². The van der Waals surface area contributed by atoms with Gasteiger partial charge in [0.25, 0.3) is 5.91 Å². The quantitative estimate of drug-likeness (QED) is 0.849. The van der Waals surface area contributed by atoms with Crippen molar-refractivity contribution >= 4 is 17.5 Å². The van der Waals surface area contributed by atoms with Crippen LogP contribution in [-0.4, -0.2) is 44.6 Å². The van der Waals surface area contributed by atoms with Crippen LogP contribution < -0.4 is 10.6 Å². The molecule has 0 spiro atoms. The molecule has 20 heavy (non-hydrogen) atoms. The summed E-state index contributed by atoms with van der Waals surface area (Å²) in [6.45, 7) is 1.45. The lowest BCUT2D eigenvalue weighted by Gasteiger charge is -2.19. The monoisotopic (exact) mass is 294 g/mol. The number of aromatic nitrogens is 4. The number of hydrogen-bond donors (Lipinski definition) is 2. The van der Waals surface area contributed by atoms with Crippen molar-refractivity contribution in [3.8, 4) is 0 Å². The lowest BCUT2D eigenvalue weighted by atomic mass is 10.1. The lowest BCUT2D eigenvalue weighted by Crippen LogP contribution is -2.41. The molecule has 0 bridgehead atoms. The van der Waals surface area contributed by atoms with E-state index in [1.165, 1.54) is 0 Å². The molecule has 3 rings (SSSR count). The predicted molar refractivity (Wildman–Crippen MR) is 73.6 cm³/mol. The molecule has 106 valence electrons. The largest absolute Gasteiger partial charge is 0.345 e. The molecule has 0 saturated carbocycles. The zero-order valence-electron chi connectivity index (χ0n) is 11.0. The van der Waals surface area contributed by atoms with Crippen molar-refractivity contribution in [2.75, 3.05) is 13.1 Å². The van der Waals surface area contributed by atoms with Gasteiger partial charge in [-0.05, 0) is 6.07 Å². The first-order valence-corrected chi connectivity index (χ1v) is 6.72. The van der Waals surface area contributed by atoms with Crippen LogP contribution in [0.4, 0.5) is 0 Å². The number of carbonyl (C=O) groups excluding carboxylic acids is 1. The van der Waals surface area contributed by atoms with Crippen LogP contribution in [0.25, 0.3) is 0 Å². The maximum absolute atomic E-state index is 12.3. The normalized spacial score (nSPS) is 22.1. The van der Waals surface area contributed by atoms with Crippen LogP contribution in [0.2, 0.25) is 5.02 Å². The fraction of sp³-hybridized carbons (Fsp3) is 0.417. The third kappa shape index (κ3) is 2.41. The summed E-state index contributed by atoms with van der Waals surface area (Å²) < 4.78 is 3.48. The van der Waals surface area contributed by atoms with Gasteiger partial charge in [-0.25, -0.2) is 4.68 Å². The number of amides is 1. The number of rotatable bonds is 3. The fourth-order valence-corrected chi connectivity index (χ4v) is 2.73. The zero-order chi connectivity index (χ0) is 14.1. The van der Waals surface area contributed by atoms with Gasteiger partial charge < -0.3 is 15.2 Å². The Labute approximate surface area is 120 Å². The third-order valence-electron chi connectivity index (χ3n) is 3.48. The molecule has 1 saturated heterocycles. The minimum atomic E-state index is -0.141. The predicted octanol–water partition coefficient (Wildman–Crippen LogP) is 0.213. The van der Waals surface area contributed by atoms with Crippen LogP contribution >= 0.6 is 11.6 Å². The van der Waals surface area contributed by atoms with Gasteiger partial charge >= 0.3 is 0 Å². The highest BCUT2D eigenvalue weighted by molar-refractivity contribution is 6.31. The average Bonchev–Trinajstić information content (AvgIpc) is 3.09. The average molecular weight is 295 g/mol. The number of hydrogen-bond acceptors (Lipinski definition) is 4. The van der Waals surface area contributed by atoms with Gasteiger partial charge in [-0.3, -0.25) is 4.79 Å². The minimum Gasteiger partial charge on any atom is -0.345 e. The van der Waals surface area contributed by atoms with E-state index in [2.05, 4.69) is 20.9 Å². The topological polar surface area (TPSA) is 76.8 Å². The van der Waals surface area contributed by atoms with Gasteiger partial charge in [-0.2, -0.15) is 0 Å². The van der Waals surface area contributed by atoms with Gasteiger partial charge in [0.1, 0.15) is 5.69 Å². The van der Waals surface area contributed by atoms with E-state index in [0.717, 1.165) is 6.54 Å². The molecule has 3 heterocycles. The molecule has 1 amide bonds. The molecule has 1 aliphatic rings. The van der Waals surface area contributed by atoms with Gasteiger partial charge in [0, 0.05) is 32.5 Å². The molecule has 0 aliphatic carbocycles. The summed E-state index contributed by atoms with van der Waals surface area (Å²) in [6.07, 6.45) is 5.14. The van der Waals surface area contributed by atoms with Crippen molar-refractivity contribution < 1.29 is 4.79 Å². The molecule has 0 unspecified atom stereocenters. The van der Waals surface area contributed by atoms with Crippen molar-refractivity contribution in [3.05, 3.63) is 35.4 Å². The number of nitrogens with one attached hydrogen (secondary N) is 2. The molecule has 0 aromatic carbocycles. The first kappa shape index (κ1) is 13.1. The van der Waals surface area contributed by atoms with E-state index in [4.69, 9.17) is 11.6 Å². The Hall–Kier alpha value is -1.86. The maximum Gasteiger partial charge on any atom is 0.268 e. The van der Waals surface area contributed by atoms with E-state index in [0.29, 0.717) is 17.3 Å². The first-order valence-electron chi connectivity index (χ1n) is 6.34. The van der Waals surface area contributed by atoms with E-state index in [1.54, 1.807) is 41.0 Å². The van der Waals surface area contributed by atoms with Crippen molar-refractivity contribution in [2.45, 2.75) is 12.1 Å². The molecule has 0 radical (unpaired) electrons. The van der Waals surface area contributed by atoms with Crippen LogP contribution in [0.5, 0.6) is 0 Å². The number of carbonyl (C=O) groups is 1. The highest BCUT2D eigenvalue weighted by atomic mass is 35.5. The second-order valence-electron chi connectivity index (χ2n) is 4.84. The second kappa shape index (κ2) is 5.26. The molecule has 2 aromatic heterocycles. The highest BCUT2D eigenvalue weighted by Gasteiger charge is 2.31. The highest BCUT2D eigenvalue weighted by Crippen LogP contribution is 2.16. The molecule has 7 nitrogen and oxygen atoms in total. The molecule has 1 aliphatic heterocycles. The third-order valence-corrected chi connectivity index (χ3v) is 3.69. The van der Waals surface area contributed by atoms with Gasteiger partial charge in [0.15, 0.2) is 0 Å². The Morgan fingerprint density at radius 2 is 2.40 bits per heavy atom. The van der Waals surface area contributed by atoms with Crippen molar-refractivity contribution in [2.24, 2.45) is 7.05 Å². The van der Waals surface area contributed by atoms with Gasteiger partial charge in [-0.1, -0.05) is 16.8 Å². The second-order valence-corrected chi connectivity index (χ2v) is 5.28. The summed E-state index contributed by atoms with van der Waals surface area (Å²) in [5.74, 6) is -0.141. The Kier molecular flexibility index (Phi) is 3.45. The lowest BCUT2D eigenvalue weighted by molar-refractivity contribution is 0.0922. The summed E-state index contributed by atoms with van der Waals surface area (Å²) in [5.41, 5.74) is 0.541. The van der Waals surface area contributed by atoms with E-state index in [1.807, 2.05) is 0 Å². The maximum atomic E-state index is 12.3. The molecule has 2 atom stereocenters. The summed E-state index contributed by atoms with van der Waals surface area (Å²) in [4.78, 5) is 12.3. The summed E-state index contributed by atoms with van der Waals surface area (Å²) in [7, 11) is 1.79. The Morgan fingerprint density at radius 1 is 1.55 bits per heavy atom. The smallest absolute Gasteiger partial charge is 0.268 e. The molecular formula is C12H15ClN6O. The first-order chi connectivity index (χ1) is 9.65. The van der Waals surface area contributed by atoms with Gasteiger partial charge in [0.05, 0.1) is 23.3 Å². The number of halogens is 1. The Bertz CT molecular complexity index is 608. The number of nitrogens with zero attached hydrogens (tertiary/aromatic N) is 4. The Morgan fingerprint density at radius 3 is 3.05 bits per heavy atom. The van der Waals surface area contributed by atoms with Crippen LogP contribution in [0.3, 0.4) is 0 Å². The molecular weight excluding hydrogens is 280 g/mol. The van der Waals surface area contributed by atoms with E-state index in [-0.39, 0.29) is 18.0 Å².